The number of carbonyl (C=O) groups is 1. The van der Waals surface area contributed by atoms with Crippen molar-refractivity contribution >= 4 is 11.7 Å². The third kappa shape index (κ3) is 3.27. The Morgan fingerprint density at radius 2 is 2.32 bits per heavy atom. The summed E-state index contributed by atoms with van der Waals surface area (Å²) < 4.78 is 1.80. The van der Waals surface area contributed by atoms with E-state index in [9.17, 15) is 4.79 Å². The molecular formula is C16H21N5O. The lowest BCUT2D eigenvalue weighted by Gasteiger charge is -2.38. The summed E-state index contributed by atoms with van der Waals surface area (Å²) in [6.45, 7) is 2.18. The molecule has 0 radical (unpaired) electrons. The fourth-order valence-electron chi connectivity index (χ4n) is 2.87. The molecule has 1 atom stereocenters. The monoisotopic (exact) mass is 299 g/mol. The number of likely N-dealkylation sites (N-methyl/N-ethyl adjacent to an activating group) is 1. The Kier molecular flexibility index (Phi) is 4.37. The van der Waals surface area contributed by atoms with Gasteiger partial charge in [-0.1, -0.05) is 6.07 Å². The van der Waals surface area contributed by atoms with Gasteiger partial charge in [-0.05, 0) is 25.0 Å². The van der Waals surface area contributed by atoms with Crippen molar-refractivity contribution in [2.75, 3.05) is 25.0 Å². The van der Waals surface area contributed by atoms with Crippen LogP contribution in [0.2, 0.25) is 0 Å². The maximum Gasteiger partial charge on any atom is 0.242 e. The summed E-state index contributed by atoms with van der Waals surface area (Å²) in [5.74, 6) is 1.11. The molecule has 0 aromatic carbocycles. The van der Waals surface area contributed by atoms with E-state index in [0.29, 0.717) is 6.54 Å². The molecule has 0 N–H and O–H groups in total. The van der Waals surface area contributed by atoms with Crippen LogP contribution in [-0.2, 0) is 11.3 Å². The third-order valence-corrected chi connectivity index (χ3v) is 4.19. The Morgan fingerprint density at radius 1 is 1.41 bits per heavy atom. The molecule has 6 nitrogen and oxygen atoms in total. The van der Waals surface area contributed by atoms with Crippen LogP contribution in [0.3, 0.4) is 0 Å². The van der Waals surface area contributed by atoms with Crippen molar-refractivity contribution in [3.63, 3.8) is 0 Å². The smallest absolute Gasteiger partial charge is 0.242 e. The molecule has 116 valence electrons. The van der Waals surface area contributed by atoms with E-state index in [1.54, 1.807) is 17.1 Å². The van der Waals surface area contributed by atoms with Crippen LogP contribution in [0.25, 0.3) is 0 Å². The zero-order valence-corrected chi connectivity index (χ0v) is 12.8. The molecule has 1 amide bonds. The fraction of sp³-hybridized carbons (Fsp3) is 0.438. The van der Waals surface area contributed by atoms with Gasteiger partial charge in [0, 0.05) is 44.8 Å². The van der Waals surface area contributed by atoms with Crippen molar-refractivity contribution in [1.29, 1.82) is 0 Å². The van der Waals surface area contributed by atoms with E-state index in [1.807, 2.05) is 42.5 Å². The van der Waals surface area contributed by atoms with Gasteiger partial charge in [-0.2, -0.15) is 0 Å². The maximum absolute atomic E-state index is 12.4. The Hall–Kier alpha value is -2.37. The molecule has 1 aliphatic heterocycles. The van der Waals surface area contributed by atoms with Gasteiger partial charge in [0.25, 0.3) is 0 Å². The first-order valence-corrected chi connectivity index (χ1v) is 7.61. The number of hydrogen-bond acceptors (Lipinski definition) is 4. The quantitative estimate of drug-likeness (QED) is 0.856. The van der Waals surface area contributed by atoms with Crippen molar-refractivity contribution in [3.8, 4) is 0 Å². The summed E-state index contributed by atoms with van der Waals surface area (Å²) in [5.41, 5.74) is 0. The average Bonchev–Trinajstić information content (AvgIpc) is 3.08. The van der Waals surface area contributed by atoms with Gasteiger partial charge in [-0.15, -0.1) is 0 Å². The molecule has 6 heteroatoms. The van der Waals surface area contributed by atoms with E-state index in [4.69, 9.17) is 0 Å². The van der Waals surface area contributed by atoms with Gasteiger partial charge in [0.05, 0.1) is 6.33 Å². The zero-order valence-electron chi connectivity index (χ0n) is 12.8. The summed E-state index contributed by atoms with van der Waals surface area (Å²) >= 11 is 0. The lowest BCUT2D eigenvalue weighted by atomic mass is 10.0. The minimum absolute atomic E-state index is 0.117. The normalized spacial score (nSPS) is 18.2. The first kappa shape index (κ1) is 14.6. The van der Waals surface area contributed by atoms with Crippen LogP contribution in [0.5, 0.6) is 0 Å². The number of nitrogens with zero attached hydrogens (tertiary/aromatic N) is 5. The van der Waals surface area contributed by atoms with Gasteiger partial charge in [0.2, 0.25) is 5.91 Å². The summed E-state index contributed by atoms with van der Waals surface area (Å²) in [7, 11) is 1.89. The SMILES string of the molecule is CN(C(=O)Cn1ccnc1)[C@H]1CCCN(c2ccccn2)C1. The second-order valence-corrected chi connectivity index (χ2v) is 5.67. The minimum Gasteiger partial charge on any atom is -0.355 e. The number of hydrogen-bond donors (Lipinski definition) is 0. The molecule has 1 saturated heterocycles. The van der Waals surface area contributed by atoms with E-state index < -0.39 is 0 Å². The Bertz CT molecular complexity index is 598. The van der Waals surface area contributed by atoms with E-state index in [2.05, 4.69) is 14.9 Å². The summed E-state index contributed by atoms with van der Waals surface area (Å²) in [4.78, 5) is 24.9. The molecule has 3 rings (SSSR count). The average molecular weight is 299 g/mol. The largest absolute Gasteiger partial charge is 0.355 e. The van der Waals surface area contributed by atoms with Gasteiger partial charge in [-0.25, -0.2) is 9.97 Å². The molecule has 1 fully saturated rings. The van der Waals surface area contributed by atoms with E-state index in [-0.39, 0.29) is 11.9 Å². The number of amides is 1. The standard InChI is InChI=1S/C16H21N5O/c1-19(16(22)12-20-10-8-17-13-20)14-5-4-9-21(11-14)15-6-2-3-7-18-15/h2-3,6-8,10,13-14H,4-5,9,11-12H2,1H3/t14-/m0/s1. The molecule has 0 bridgehead atoms. The predicted octanol–water partition coefficient (Wildman–Crippen LogP) is 1.41. The first-order chi connectivity index (χ1) is 10.7. The molecule has 3 heterocycles. The summed E-state index contributed by atoms with van der Waals surface area (Å²) in [6, 6.07) is 6.17. The predicted molar refractivity (Wildman–Crippen MR) is 84.5 cm³/mol. The molecule has 2 aromatic rings. The number of rotatable bonds is 4. The molecular weight excluding hydrogens is 278 g/mol. The highest BCUT2D eigenvalue weighted by Crippen LogP contribution is 2.20. The van der Waals surface area contributed by atoms with Gasteiger partial charge in [0.15, 0.2) is 0 Å². The van der Waals surface area contributed by atoms with Crippen LogP contribution in [-0.4, -0.2) is 51.5 Å². The number of piperidine rings is 1. The Morgan fingerprint density at radius 3 is 3.05 bits per heavy atom. The molecule has 1 aliphatic rings. The van der Waals surface area contributed by atoms with Gasteiger partial charge < -0.3 is 14.4 Å². The second-order valence-electron chi connectivity index (χ2n) is 5.67. The fourth-order valence-corrected chi connectivity index (χ4v) is 2.87. The number of carbonyl (C=O) groups excluding carboxylic acids is 1. The van der Waals surface area contributed by atoms with Crippen molar-refractivity contribution in [3.05, 3.63) is 43.1 Å². The van der Waals surface area contributed by atoms with Crippen LogP contribution in [0.4, 0.5) is 5.82 Å². The summed E-state index contributed by atoms with van der Waals surface area (Å²) in [6.07, 6.45) is 9.10. The van der Waals surface area contributed by atoms with Gasteiger partial charge in [-0.3, -0.25) is 4.79 Å². The zero-order chi connectivity index (χ0) is 15.4. The second kappa shape index (κ2) is 6.60. The van der Waals surface area contributed by atoms with Crippen molar-refractivity contribution in [2.24, 2.45) is 0 Å². The third-order valence-electron chi connectivity index (χ3n) is 4.19. The van der Waals surface area contributed by atoms with Gasteiger partial charge in [0.1, 0.15) is 12.4 Å². The highest BCUT2D eigenvalue weighted by molar-refractivity contribution is 5.76. The van der Waals surface area contributed by atoms with Crippen LogP contribution in [0.15, 0.2) is 43.1 Å². The Labute approximate surface area is 130 Å². The molecule has 2 aromatic heterocycles. The minimum atomic E-state index is 0.117. The molecule has 0 spiro atoms. The lowest BCUT2D eigenvalue weighted by Crippen LogP contribution is -2.49. The molecule has 0 saturated carbocycles. The highest BCUT2D eigenvalue weighted by Gasteiger charge is 2.26. The lowest BCUT2D eigenvalue weighted by molar-refractivity contribution is -0.132. The van der Waals surface area contributed by atoms with E-state index >= 15 is 0 Å². The van der Waals surface area contributed by atoms with Crippen molar-refractivity contribution in [1.82, 2.24) is 19.4 Å². The number of pyridine rings is 1. The van der Waals surface area contributed by atoms with E-state index in [1.165, 1.54) is 0 Å². The maximum atomic E-state index is 12.4. The first-order valence-electron chi connectivity index (χ1n) is 7.61. The van der Waals surface area contributed by atoms with E-state index in [0.717, 1.165) is 31.7 Å². The molecule has 22 heavy (non-hydrogen) atoms. The van der Waals surface area contributed by atoms with Crippen molar-refractivity contribution in [2.45, 2.75) is 25.4 Å². The number of imidazole rings is 1. The molecule has 0 unspecified atom stereocenters. The van der Waals surface area contributed by atoms with Crippen molar-refractivity contribution < 1.29 is 4.79 Å². The van der Waals surface area contributed by atoms with Gasteiger partial charge >= 0.3 is 0 Å². The van der Waals surface area contributed by atoms with Crippen LogP contribution in [0.1, 0.15) is 12.8 Å². The molecule has 0 aliphatic carbocycles. The summed E-state index contributed by atoms with van der Waals surface area (Å²) in [5, 5.41) is 0. The topological polar surface area (TPSA) is 54.3 Å². The van der Waals surface area contributed by atoms with Crippen LogP contribution in [0, 0.1) is 0 Å². The number of aromatic nitrogens is 3. The number of anilines is 1. The Balaban J connectivity index is 1.62. The highest BCUT2D eigenvalue weighted by atomic mass is 16.2. The van der Waals surface area contributed by atoms with Crippen LogP contribution >= 0.6 is 0 Å². The van der Waals surface area contributed by atoms with Crippen LogP contribution < -0.4 is 4.90 Å².